The highest BCUT2D eigenvalue weighted by Crippen LogP contribution is 2.47. The van der Waals surface area contributed by atoms with Crippen molar-refractivity contribution in [3.63, 3.8) is 0 Å². The van der Waals surface area contributed by atoms with Crippen LogP contribution in [0.5, 0.6) is 0 Å². The van der Waals surface area contributed by atoms with E-state index in [1.54, 1.807) is 0 Å². The van der Waals surface area contributed by atoms with Crippen LogP contribution in [-0.4, -0.2) is 41.4 Å². The molecule has 1 spiro atoms. The number of hydrogen-bond donors (Lipinski definition) is 0. The average Bonchev–Trinajstić information content (AvgIpc) is 2.64. The maximum absolute atomic E-state index is 5.64. The average molecular weight is 373 g/mol. The van der Waals surface area contributed by atoms with Gasteiger partial charge >= 0.3 is 0 Å². The van der Waals surface area contributed by atoms with Crippen LogP contribution in [-0.2, 0) is 4.84 Å². The molecule has 2 bridgehead atoms. The predicted molar refractivity (Wildman–Crippen MR) is 53.7 cm³/mol. The lowest BCUT2D eigenvalue weighted by atomic mass is 9.85. The van der Waals surface area contributed by atoms with Crippen LogP contribution in [0.25, 0.3) is 0 Å². The molecule has 2 fully saturated rings. The van der Waals surface area contributed by atoms with E-state index in [9.17, 15) is 0 Å². The third-order valence-corrected chi connectivity index (χ3v) is 4.27. The highest BCUT2D eigenvalue weighted by Gasteiger charge is 2.62. The van der Waals surface area contributed by atoms with Crippen molar-refractivity contribution >= 4 is 20.6 Å². The van der Waals surface area contributed by atoms with E-state index in [1.165, 1.54) is 24.0 Å². The fourth-order valence-corrected chi connectivity index (χ4v) is 3.83. The Hall–Kier alpha value is 0.640. The minimum atomic E-state index is 0. The zero-order chi connectivity index (χ0) is 9.10. The van der Waals surface area contributed by atoms with Gasteiger partial charge in [-0.15, -0.1) is 0 Å². The van der Waals surface area contributed by atoms with Crippen LogP contribution in [0.1, 0.15) is 12.8 Å². The van der Waals surface area contributed by atoms with Crippen LogP contribution in [0.3, 0.4) is 0 Å². The largest absolute Gasteiger partial charge is 1.00 e. The molecular formula is C9H14BrIN2O. The molecule has 0 aromatic heterocycles. The van der Waals surface area contributed by atoms with E-state index in [4.69, 9.17) is 4.84 Å². The summed E-state index contributed by atoms with van der Waals surface area (Å²) >= 11 is 3.43. The number of halogens is 2. The second-order valence-corrected chi connectivity index (χ2v) is 5.89. The minimum Gasteiger partial charge on any atom is -1.00 e. The van der Waals surface area contributed by atoms with E-state index in [0.717, 1.165) is 23.5 Å². The standard InChI is InChI=1S/C9H14BrN2O.HI/c1-12-3-2-7(5-12)9(6-12)4-8(10)11-13-9;/h7H,2-6H2,1H3;1H/q+1;/p-1. The first-order valence-electron chi connectivity index (χ1n) is 4.86. The van der Waals surface area contributed by atoms with E-state index in [0.29, 0.717) is 0 Å². The van der Waals surface area contributed by atoms with Gasteiger partial charge in [0.05, 0.1) is 26.1 Å². The Morgan fingerprint density at radius 1 is 1.64 bits per heavy atom. The van der Waals surface area contributed by atoms with Crippen LogP contribution < -0.4 is 24.0 Å². The second-order valence-electron chi connectivity index (χ2n) is 4.97. The maximum atomic E-state index is 5.64. The fourth-order valence-electron chi connectivity index (χ4n) is 3.29. The summed E-state index contributed by atoms with van der Waals surface area (Å²) in [6, 6.07) is 0. The Morgan fingerprint density at radius 3 is 2.86 bits per heavy atom. The van der Waals surface area contributed by atoms with Gasteiger partial charge in [0.15, 0.2) is 5.60 Å². The van der Waals surface area contributed by atoms with Gasteiger partial charge in [0.25, 0.3) is 0 Å². The van der Waals surface area contributed by atoms with Crippen molar-refractivity contribution in [1.29, 1.82) is 0 Å². The SMILES string of the molecule is C[N+]12CCC(C1)C1(CC(Br)=NO1)C2.[I-]. The summed E-state index contributed by atoms with van der Waals surface area (Å²) in [4.78, 5) is 5.64. The van der Waals surface area contributed by atoms with Gasteiger partial charge in [-0.2, -0.15) is 0 Å². The van der Waals surface area contributed by atoms with E-state index in [1.807, 2.05) is 0 Å². The first-order valence-corrected chi connectivity index (χ1v) is 5.65. The minimum absolute atomic E-state index is 0. The van der Waals surface area contributed by atoms with Gasteiger partial charge in [0.2, 0.25) is 0 Å². The Labute approximate surface area is 110 Å². The monoisotopic (exact) mass is 372 g/mol. The maximum Gasteiger partial charge on any atom is 0.200 e. The number of hydrogen-bond acceptors (Lipinski definition) is 2. The summed E-state index contributed by atoms with van der Waals surface area (Å²) in [6.07, 6.45) is 2.30. The Bertz CT molecular complexity index is 299. The van der Waals surface area contributed by atoms with Crippen molar-refractivity contribution in [2.75, 3.05) is 26.7 Å². The third kappa shape index (κ3) is 1.43. The van der Waals surface area contributed by atoms with Crippen molar-refractivity contribution in [1.82, 2.24) is 0 Å². The number of nitrogens with zero attached hydrogens (tertiary/aromatic N) is 2. The van der Waals surface area contributed by atoms with Crippen molar-refractivity contribution in [3.8, 4) is 0 Å². The van der Waals surface area contributed by atoms with Crippen LogP contribution in [0.2, 0.25) is 0 Å². The molecule has 14 heavy (non-hydrogen) atoms. The molecule has 3 rings (SSSR count). The zero-order valence-corrected chi connectivity index (χ0v) is 11.9. The third-order valence-electron chi connectivity index (χ3n) is 3.84. The molecular weight excluding hydrogens is 359 g/mol. The molecule has 0 aromatic carbocycles. The summed E-state index contributed by atoms with van der Waals surface area (Å²) in [5.41, 5.74) is 0.0613. The van der Waals surface area contributed by atoms with Crippen LogP contribution in [0.15, 0.2) is 5.16 Å². The normalized spacial score (nSPS) is 49.0. The van der Waals surface area contributed by atoms with E-state index in [2.05, 4.69) is 28.1 Å². The van der Waals surface area contributed by atoms with Crippen molar-refractivity contribution in [2.24, 2.45) is 11.1 Å². The van der Waals surface area contributed by atoms with Gasteiger partial charge in [0, 0.05) is 12.8 Å². The molecule has 3 atom stereocenters. The molecule has 0 aliphatic carbocycles. The predicted octanol–water partition coefficient (Wildman–Crippen LogP) is -1.66. The molecule has 3 aliphatic rings. The van der Waals surface area contributed by atoms with Gasteiger partial charge < -0.3 is 33.3 Å². The van der Waals surface area contributed by atoms with E-state index >= 15 is 0 Å². The van der Waals surface area contributed by atoms with Gasteiger partial charge in [-0.1, -0.05) is 5.16 Å². The molecule has 0 radical (unpaired) electrons. The molecule has 0 aromatic rings. The zero-order valence-electron chi connectivity index (χ0n) is 8.17. The Morgan fingerprint density at radius 2 is 2.43 bits per heavy atom. The summed E-state index contributed by atoms with van der Waals surface area (Å²) in [5, 5.41) is 4.04. The topological polar surface area (TPSA) is 21.6 Å². The molecule has 2 saturated heterocycles. The lowest BCUT2D eigenvalue weighted by Gasteiger charge is -2.33. The van der Waals surface area contributed by atoms with Crippen molar-refractivity contribution in [2.45, 2.75) is 18.4 Å². The summed E-state index contributed by atoms with van der Waals surface area (Å²) in [7, 11) is 2.34. The van der Waals surface area contributed by atoms with E-state index < -0.39 is 0 Å². The Balaban J connectivity index is 0.000000750. The number of rotatable bonds is 0. The lowest BCUT2D eigenvalue weighted by molar-refractivity contribution is -0.893. The van der Waals surface area contributed by atoms with Gasteiger partial charge in [-0.3, -0.25) is 0 Å². The van der Waals surface area contributed by atoms with Crippen LogP contribution >= 0.6 is 15.9 Å². The number of likely N-dealkylation sites (N-methyl/N-ethyl adjacent to an activating group) is 1. The molecule has 5 heteroatoms. The summed E-state index contributed by atoms with van der Waals surface area (Å²) in [5.74, 6) is 0.733. The summed E-state index contributed by atoms with van der Waals surface area (Å²) < 4.78 is 2.19. The molecule has 0 amide bonds. The van der Waals surface area contributed by atoms with Gasteiger partial charge in [-0.05, 0) is 15.9 Å². The highest BCUT2D eigenvalue weighted by atomic mass is 127. The molecule has 3 nitrogen and oxygen atoms in total. The number of oxime groups is 1. The van der Waals surface area contributed by atoms with Gasteiger partial charge in [0.1, 0.15) is 11.2 Å². The van der Waals surface area contributed by atoms with Crippen LogP contribution in [0, 0.1) is 5.92 Å². The lowest BCUT2D eigenvalue weighted by Crippen LogP contribution is -3.00. The first-order chi connectivity index (χ1) is 6.12. The summed E-state index contributed by atoms with van der Waals surface area (Å²) in [6.45, 7) is 3.76. The molecule has 0 N–H and O–H groups in total. The molecule has 3 aliphatic heterocycles. The fraction of sp³-hybridized carbons (Fsp3) is 0.889. The molecule has 0 saturated carbocycles. The van der Waals surface area contributed by atoms with Crippen LogP contribution in [0.4, 0.5) is 0 Å². The highest BCUT2D eigenvalue weighted by molar-refractivity contribution is 9.18. The Kier molecular flexibility index (Phi) is 2.64. The molecule has 3 heterocycles. The number of fused-ring (bicyclic) bond motifs is 3. The molecule has 3 unspecified atom stereocenters. The van der Waals surface area contributed by atoms with Crippen molar-refractivity contribution in [3.05, 3.63) is 0 Å². The first kappa shape index (κ1) is 11.1. The smallest absolute Gasteiger partial charge is 0.200 e. The quantitative estimate of drug-likeness (QED) is 0.368. The van der Waals surface area contributed by atoms with Gasteiger partial charge in [-0.25, -0.2) is 0 Å². The molecule has 80 valence electrons. The van der Waals surface area contributed by atoms with Crippen molar-refractivity contribution < 1.29 is 33.3 Å². The van der Waals surface area contributed by atoms with E-state index in [-0.39, 0.29) is 29.6 Å². The number of quaternary nitrogens is 1. The second kappa shape index (κ2) is 3.31. The number of piperidine rings is 1.